The fourth-order valence-corrected chi connectivity index (χ4v) is 3.92. The number of nitrogens with zero attached hydrogens (tertiary/aromatic N) is 1. The van der Waals surface area contributed by atoms with Crippen molar-refractivity contribution in [1.29, 1.82) is 0 Å². The highest BCUT2D eigenvalue weighted by Crippen LogP contribution is 2.42. The van der Waals surface area contributed by atoms with Gasteiger partial charge in [-0.15, -0.1) is 11.3 Å². The van der Waals surface area contributed by atoms with Crippen LogP contribution in [0.1, 0.15) is 19.8 Å². The van der Waals surface area contributed by atoms with Crippen molar-refractivity contribution in [1.82, 2.24) is 5.32 Å². The Labute approximate surface area is 126 Å². The molecule has 1 N–H and O–H groups in total. The number of carbonyl (C=O) groups is 2. The van der Waals surface area contributed by atoms with Gasteiger partial charge in [0.2, 0.25) is 5.91 Å². The molecule has 21 heavy (non-hydrogen) atoms. The average molecular weight is 300 g/mol. The number of fused-ring (bicyclic) bond motifs is 1. The maximum absolute atomic E-state index is 12.9. The minimum absolute atomic E-state index is 0.0131. The summed E-state index contributed by atoms with van der Waals surface area (Å²) in [5.41, 5.74) is 0.0754. The van der Waals surface area contributed by atoms with Crippen LogP contribution in [0.3, 0.4) is 0 Å². The minimum Gasteiger partial charge on any atom is -0.340 e. The fourth-order valence-electron chi connectivity index (χ4n) is 3.15. The molecular formula is C16H16N2O2S. The lowest BCUT2D eigenvalue weighted by Crippen LogP contribution is -2.66. The topological polar surface area (TPSA) is 49.4 Å². The smallest absolute Gasteiger partial charge is 0.253 e. The molecule has 2 amide bonds. The lowest BCUT2D eigenvalue weighted by atomic mass is 9.91. The van der Waals surface area contributed by atoms with Crippen molar-refractivity contribution in [3.05, 3.63) is 29.6 Å². The monoisotopic (exact) mass is 300 g/mol. The minimum atomic E-state index is -0.737. The number of hydrogen-bond donors (Lipinski definition) is 1. The standard InChI is InChI=1S/C16H16N2O2S/c1-16(11-2-3-11)15(20)18(9-14(19)17-16)12-4-5-13-10(8-12)6-7-21-13/h4-8,11H,2-3,9H2,1H3,(H,17,19). The van der Waals surface area contributed by atoms with Crippen LogP contribution in [0, 0.1) is 5.92 Å². The Bertz CT molecular complexity index is 750. The van der Waals surface area contributed by atoms with Gasteiger partial charge in [-0.3, -0.25) is 9.59 Å². The Balaban J connectivity index is 1.75. The van der Waals surface area contributed by atoms with E-state index in [-0.39, 0.29) is 24.3 Å². The van der Waals surface area contributed by atoms with Crippen LogP contribution in [0.5, 0.6) is 0 Å². The quantitative estimate of drug-likeness (QED) is 0.926. The normalized spacial score (nSPS) is 26.2. The van der Waals surface area contributed by atoms with Gasteiger partial charge in [-0.2, -0.15) is 0 Å². The highest BCUT2D eigenvalue weighted by Gasteiger charge is 2.52. The van der Waals surface area contributed by atoms with E-state index >= 15 is 0 Å². The summed E-state index contributed by atoms with van der Waals surface area (Å²) in [6, 6.07) is 7.99. The summed E-state index contributed by atoms with van der Waals surface area (Å²) in [5, 5.41) is 6.06. The average Bonchev–Trinajstić information content (AvgIpc) is 3.22. The lowest BCUT2D eigenvalue weighted by Gasteiger charge is -2.40. The highest BCUT2D eigenvalue weighted by atomic mass is 32.1. The maximum atomic E-state index is 12.9. The molecule has 0 bridgehead atoms. The van der Waals surface area contributed by atoms with E-state index in [4.69, 9.17) is 0 Å². The van der Waals surface area contributed by atoms with Crippen molar-refractivity contribution in [2.24, 2.45) is 5.92 Å². The van der Waals surface area contributed by atoms with Crippen molar-refractivity contribution in [2.75, 3.05) is 11.4 Å². The zero-order valence-corrected chi connectivity index (χ0v) is 12.6. The predicted molar refractivity (Wildman–Crippen MR) is 83.4 cm³/mol. The van der Waals surface area contributed by atoms with Crippen LogP contribution >= 0.6 is 11.3 Å². The SMILES string of the molecule is CC1(C2CC2)NC(=O)CN(c2ccc3sccc3c2)C1=O. The first-order chi connectivity index (χ1) is 10.1. The van der Waals surface area contributed by atoms with Gasteiger partial charge in [0.1, 0.15) is 12.1 Å². The van der Waals surface area contributed by atoms with Gasteiger partial charge in [-0.05, 0) is 60.7 Å². The molecule has 4 nitrogen and oxygen atoms in total. The summed E-state index contributed by atoms with van der Waals surface area (Å²) in [4.78, 5) is 26.5. The van der Waals surface area contributed by atoms with Crippen LogP contribution in [0.25, 0.3) is 10.1 Å². The van der Waals surface area contributed by atoms with E-state index in [0.717, 1.165) is 23.9 Å². The van der Waals surface area contributed by atoms with Crippen LogP contribution in [0.15, 0.2) is 29.6 Å². The molecule has 2 heterocycles. The number of carbonyl (C=O) groups excluding carboxylic acids is 2. The summed E-state index contributed by atoms with van der Waals surface area (Å²) in [7, 11) is 0. The van der Waals surface area contributed by atoms with Gasteiger partial charge < -0.3 is 10.2 Å². The van der Waals surface area contributed by atoms with Crippen molar-refractivity contribution >= 4 is 38.9 Å². The summed E-state index contributed by atoms with van der Waals surface area (Å²) in [6.45, 7) is 1.97. The third-order valence-corrected chi connectivity index (χ3v) is 5.43. The van der Waals surface area contributed by atoms with Gasteiger partial charge >= 0.3 is 0 Å². The van der Waals surface area contributed by atoms with E-state index in [0.29, 0.717) is 0 Å². The van der Waals surface area contributed by atoms with Gasteiger partial charge in [-0.25, -0.2) is 0 Å². The molecule has 2 fully saturated rings. The first-order valence-corrected chi connectivity index (χ1v) is 8.06. The van der Waals surface area contributed by atoms with Crippen molar-refractivity contribution in [3.8, 4) is 0 Å². The van der Waals surface area contributed by atoms with E-state index in [1.807, 2.05) is 36.6 Å². The van der Waals surface area contributed by atoms with Crippen LogP contribution in [-0.2, 0) is 9.59 Å². The second kappa shape index (κ2) is 4.31. The predicted octanol–water partition coefficient (Wildman–Crippen LogP) is 2.53. The van der Waals surface area contributed by atoms with E-state index in [2.05, 4.69) is 5.32 Å². The number of hydrogen-bond acceptors (Lipinski definition) is 3. The van der Waals surface area contributed by atoms with Gasteiger partial charge in [0, 0.05) is 10.4 Å². The molecule has 1 saturated carbocycles. The summed E-state index contributed by atoms with van der Waals surface area (Å²) < 4.78 is 1.19. The largest absolute Gasteiger partial charge is 0.340 e. The molecule has 1 aliphatic carbocycles. The molecule has 2 aliphatic rings. The summed E-state index contributed by atoms with van der Waals surface area (Å²) in [5.74, 6) is 0.218. The summed E-state index contributed by atoms with van der Waals surface area (Å²) >= 11 is 1.68. The van der Waals surface area contributed by atoms with Crippen LogP contribution in [0.4, 0.5) is 5.69 Å². The number of piperazine rings is 1. The van der Waals surface area contributed by atoms with E-state index in [9.17, 15) is 9.59 Å². The third-order valence-electron chi connectivity index (χ3n) is 4.53. The molecular weight excluding hydrogens is 284 g/mol. The zero-order valence-electron chi connectivity index (χ0n) is 11.8. The molecule has 5 heteroatoms. The Morgan fingerprint density at radius 2 is 2.10 bits per heavy atom. The Morgan fingerprint density at radius 1 is 1.29 bits per heavy atom. The Kier molecular flexibility index (Phi) is 2.63. The number of nitrogens with one attached hydrogen (secondary N) is 1. The lowest BCUT2D eigenvalue weighted by molar-refractivity contribution is -0.136. The number of anilines is 1. The second-order valence-corrected chi connectivity index (χ2v) is 7.01. The van der Waals surface area contributed by atoms with Gasteiger partial charge in [-0.1, -0.05) is 0 Å². The Morgan fingerprint density at radius 3 is 2.86 bits per heavy atom. The van der Waals surface area contributed by atoms with Gasteiger partial charge in [0.25, 0.3) is 5.91 Å². The number of amides is 2. The fraction of sp³-hybridized carbons (Fsp3) is 0.375. The van der Waals surface area contributed by atoms with E-state index in [1.54, 1.807) is 16.2 Å². The van der Waals surface area contributed by atoms with E-state index < -0.39 is 5.54 Å². The van der Waals surface area contributed by atoms with Crippen LogP contribution in [-0.4, -0.2) is 23.9 Å². The van der Waals surface area contributed by atoms with Gasteiger partial charge in [0.05, 0.1) is 0 Å². The van der Waals surface area contributed by atoms with Gasteiger partial charge in [0.15, 0.2) is 0 Å². The molecule has 0 spiro atoms. The molecule has 108 valence electrons. The molecule has 0 radical (unpaired) electrons. The first kappa shape index (κ1) is 12.8. The van der Waals surface area contributed by atoms with Crippen molar-refractivity contribution in [2.45, 2.75) is 25.3 Å². The van der Waals surface area contributed by atoms with Crippen molar-refractivity contribution < 1.29 is 9.59 Å². The highest BCUT2D eigenvalue weighted by molar-refractivity contribution is 7.17. The first-order valence-electron chi connectivity index (χ1n) is 7.18. The molecule has 1 aromatic carbocycles. The van der Waals surface area contributed by atoms with Crippen LogP contribution in [0.2, 0.25) is 0 Å². The molecule has 1 aliphatic heterocycles. The second-order valence-electron chi connectivity index (χ2n) is 6.06. The van der Waals surface area contributed by atoms with Crippen molar-refractivity contribution in [3.63, 3.8) is 0 Å². The maximum Gasteiger partial charge on any atom is 0.253 e. The number of rotatable bonds is 2. The molecule has 1 saturated heterocycles. The molecule has 1 aromatic heterocycles. The third kappa shape index (κ3) is 1.95. The summed E-state index contributed by atoms with van der Waals surface area (Å²) in [6.07, 6.45) is 2.03. The Hall–Kier alpha value is -1.88. The van der Waals surface area contributed by atoms with Crippen LogP contribution < -0.4 is 10.2 Å². The number of benzene rings is 1. The zero-order chi connectivity index (χ0) is 14.6. The number of thiophene rings is 1. The van der Waals surface area contributed by atoms with E-state index in [1.165, 1.54) is 4.70 Å². The molecule has 1 atom stereocenters. The molecule has 2 aromatic rings. The molecule has 4 rings (SSSR count). The molecule has 1 unspecified atom stereocenters.